The Morgan fingerprint density at radius 3 is 3.00 bits per heavy atom. The van der Waals surface area contributed by atoms with E-state index < -0.39 is 0 Å². The van der Waals surface area contributed by atoms with Crippen LogP contribution in [0.3, 0.4) is 0 Å². The van der Waals surface area contributed by atoms with Crippen LogP contribution in [0.25, 0.3) is 0 Å². The van der Waals surface area contributed by atoms with Crippen molar-refractivity contribution in [3.8, 4) is 0 Å². The molecule has 0 bridgehead atoms. The first-order chi connectivity index (χ1) is 8.08. The van der Waals surface area contributed by atoms with E-state index in [1.165, 1.54) is 11.3 Å². The monoisotopic (exact) mass is 252 g/mol. The molecule has 0 unspecified atom stereocenters. The second-order valence-electron chi connectivity index (χ2n) is 4.47. The van der Waals surface area contributed by atoms with Crippen molar-refractivity contribution < 1.29 is 9.59 Å². The van der Waals surface area contributed by atoms with E-state index in [1.807, 2.05) is 19.0 Å². The summed E-state index contributed by atoms with van der Waals surface area (Å²) in [5, 5.41) is 2.84. The molecule has 0 fully saturated rings. The molecule has 92 valence electrons. The second kappa shape index (κ2) is 4.98. The van der Waals surface area contributed by atoms with Gasteiger partial charge in [-0.25, -0.2) is 0 Å². The topological polar surface area (TPSA) is 49.4 Å². The zero-order valence-corrected chi connectivity index (χ0v) is 10.9. The Morgan fingerprint density at radius 2 is 2.29 bits per heavy atom. The number of nitrogens with one attached hydrogen (secondary N) is 1. The summed E-state index contributed by atoms with van der Waals surface area (Å²) < 4.78 is 0. The minimum Gasteiger partial charge on any atom is -0.352 e. The summed E-state index contributed by atoms with van der Waals surface area (Å²) in [6, 6.07) is 1.74. The average molecular weight is 252 g/mol. The number of aryl methyl sites for hydroxylation is 1. The van der Waals surface area contributed by atoms with Crippen molar-refractivity contribution >= 4 is 23.0 Å². The van der Waals surface area contributed by atoms with Gasteiger partial charge < -0.3 is 10.2 Å². The molecule has 0 saturated heterocycles. The summed E-state index contributed by atoms with van der Waals surface area (Å²) >= 11 is 1.47. The molecule has 0 radical (unpaired) electrons. The lowest BCUT2D eigenvalue weighted by atomic mass is 10.2. The van der Waals surface area contributed by atoms with Crippen molar-refractivity contribution in [3.05, 3.63) is 21.4 Å². The minimum absolute atomic E-state index is 0.0438. The zero-order valence-electron chi connectivity index (χ0n) is 10.1. The van der Waals surface area contributed by atoms with Crippen molar-refractivity contribution in [2.24, 2.45) is 0 Å². The maximum absolute atomic E-state index is 11.9. The van der Waals surface area contributed by atoms with Gasteiger partial charge in [-0.05, 0) is 33.0 Å². The molecule has 4 nitrogen and oxygen atoms in total. The van der Waals surface area contributed by atoms with Gasteiger partial charge in [0.2, 0.25) is 0 Å². The van der Waals surface area contributed by atoms with Gasteiger partial charge in [0.1, 0.15) is 0 Å². The van der Waals surface area contributed by atoms with Gasteiger partial charge >= 0.3 is 0 Å². The van der Waals surface area contributed by atoms with E-state index in [0.717, 1.165) is 24.3 Å². The molecule has 0 atom stereocenters. The maximum atomic E-state index is 11.9. The summed E-state index contributed by atoms with van der Waals surface area (Å²) in [6.07, 6.45) is 1.83. The van der Waals surface area contributed by atoms with E-state index in [-0.39, 0.29) is 11.7 Å². The molecule has 0 saturated carbocycles. The van der Waals surface area contributed by atoms with Crippen molar-refractivity contribution in [1.29, 1.82) is 0 Å². The highest BCUT2D eigenvalue weighted by atomic mass is 32.1. The van der Waals surface area contributed by atoms with Crippen LogP contribution >= 0.6 is 11.3 Å². The van der Waals surface area contributed by atoms with Gasteiger partial charge in [-0.15, -0.1) is 11.3 Å². The zero-order chi connectivity index (χ0) is 12.4. The van der Waals surface area contributed by atoms with E-state index >= 15 is 0 Å². The van der Waals surface area contributed by atoms with Crippen molar-refractivity contribution in [2.45, 2.75) is 12.8 Å². The van der Waals surface area contributed by atoms with Crippen LogP contribution in [0.1, 0.15) is 31.3 Å². The highest BCUT2D eigenvalue weighted by Crippen LogP contribution is 2.26. The third-order valence-corrected chi connectivity index (χ3v) is 3.89. The predicted molar refractivity (Wildman–Crippen MR) is 67.9 cm³/mol. The van der Waals surface area contributed by atoms with Gasteiger partial charge in [0.15, 0.2) is 5.78 Å². The van der Waals surface area contributed by atoms with E-state index in [0.29, 0.717) is 17.0 Å². The largest absolute Gasteiger partial charge is 0.352 e. The van der Waals surface area contributed by atoms with Crippen LogP contribution in [0.4, 0.5) is 0 Å². The summed E-state index contributed by atoms with van der Waals surface area (Å²) in [6.45, 7) is 1.11. The fraction of sp³-hybridized carbons (Fsp3) is 0.500. The number of fused-ring (bicyclic) bond motifs is 1. The quantitative estimate of drug-likeness (QED) is 0.822. The molecule has 0 spiro atoms. The van der Waals surface area contributed by atoms with Gasteiger partial charge in [-0.2, -0.15) is 0 Å². The van der Waals surface area contributed by atoms with Gasteiger partial charge in [0, 0.05) is 11.4 Å². The second-order valence-corrected chi connectivity index (χ2v) is 5.60. The number of ketones is 1. The summed E-state index contributed by atoms with van der Waals surface area (Å²) in [5.41, 5.74) is 0.689. The lowest BCUT2D eigenvalue weighted by molar-refractivity contribution is 0.0955. The lowest BCUT2D eigenvalue weighted by Crippen LogP contribution is -2.23. The van der Waals surface area contributed by atoms with Crippen molar-refractivity contribution in [1.82, 2.24) is 10.2 Å². The molecule has 1 aromatic rings. The highest BCUT2D eigenvalue weighted by molar-refractivity contribution is 7.14. The first-order valence-electron chi connectivity index (χ1n) is 5.67. The van der Waals surface area contributed by atoms with Crippen LogP contribution in [0.5, 0.6) is 0 Å². The number of hydrogen-bond donors (Lipinski definition) is 1. The first kappa shape index (κ1) is 12.3. The molecule has 1 aromatic heterocycles. The van der Waals surface area contributed by atoms with Crippen LogP contribution in [0.15, 0.2) is 6.07 Å². The molecule has 1 N–H and O–H groups in total. The Hall–Kier alpha value is -1.20. The van der Waals surface area contributed by atoms with Crippen LogP contribution in [-0.2, 0) is 6.42 Å². The fourth-order valence-corrected chi connectivity index (χ4v) is 2.98. The molecular weight excluding hydrogens is 236 g/mol. The molecule has 17 heavy (non-hydrogen) atoms. The molecule has 0 aliphatic carbocycles. The van der Waals surface area contributed by atoms with Crippen LogP contribution in [0.2, 0.25) is 0 Å². The third-order valence-electron chi connectivity index (χ3n) is 2.65. The summed E-state index contributed by atoms with van der Waals surface area (Å²) in [7, 11) is 3.73. The molecule has 2 rings (SSSR count). The van der Waals surface area contributed by atoms with Crippen LogP contribution < -0.4 is 5.32 Å². The van der Waals surface area contributed by atoms with Crippen molar-refractivity contribution in [2.75, 3.05) is 27.2 Å². The minimum atomic E-state index is -0.0438. The number of Topliss-reactive ketones (excluding diaryl/α,β-unsaturated/α-hetero) is 1. The number of hydrogen-bond acceptors (Lipinski definition) is 4. The number of carbonyl (C=O) groups is 2. The SMILES string of the molecule is CN(C)CC(=O)c1cc2c(s1)CCCNC2=O. The summed E-state index contributed by atoms with van der Waals surface area (Å²) in [5.74, 6) is 0.0403. The highest BCUT2D eigenvalue weighted by Gasteiger charge is 2.21. The number of likely N-dealkylation sites (N-methyl/N-ethyl adjacent to an activating group) is 1. The number of rotatable bonds is 3. The Morgan fingerprint density at radius 1 is 1.53 bits per heavy atom. The molecule has 2 heterocycles. The number of nitrogens with zero attached hydrogens (tertiary/aromatic N) is 1. The molecule has 1 amide bonds. The average Bonchev–Trinajstić information content (AvgIpc) is 2.60. The smallest absolute Gasteiger partial charge is 0.252 e. The Bertz CT molecular complexity index is 451. The standard InChI is InChI=1S/C12H16N2O2S/c1-14(2)7-9(15)11-6-8-10(17-11)4-3-5-13-12(8)16/h6H,3-5,7H2,1-2H3,(H,13,16). The van der Waals surface area contributed by atoms with Crippen LogP contribution in [0, 0.1) is 0 Å². The summed E-state index contributed by atoms with van der Waals surface area (Å²) in [4.78, 5) is 27.2. The molecule has 5 heteroatoms. The Balaban J connectivity index is 2.25. The Kier molecular flexibility index (Phi) is 3.59. The lowest BCUT2D eigenvalue weighted by Gasteiger charge is -2.06. The number of amides is 1. The van der Waals surface area contributed by atoms with Crippen LogP contribution in [-0.4, -0.2) is 43.8 Å². The Labute approximate surface area is 105 Å². The first-order valence-corrected chi connectivity index (χ1v) is 6.48. The van der Waals surface area contributed by atoms with Gasteiger partial charge in [-0.3, -0.25) is 9.59 Å². The van der Waals surface area contributed by atoms with E-state index in [4.69, 9.17) is 0 Å². The number of carbonyl (C=O) groups excluding carboxylic acids is 2. The van der Waals surface area contributed by atoms with Gasteiger partial charge in [0.05, 0.1) is 17.0 Å². The number of thiophene rings is 1. The van der Waals surface area contributed by atoms with E-state index in [1.54, 1.807) is 6.07 Å². The van der Waals surface area contributed by atoms with E-state index in [2.05, 4.69) is 5.32 Å². The molecule has 1 aliphatic heterocycles. The molecule has 0 aromatic carbocycles. The van der Waals surface area contributed by atoms with Gasteiger partial charge in [0.25, 0.3) is 5.91 Å². The third kappa shape index (κ3) is 2.73. The van der Waals surface area contributed by atoms with Crippen molar-refractivity contribution in [3.63, 3.8) is 0 Å². The predicted octanol–water partition coefficient (Wildman–Crippen LogP) is 1.17. The maximum Gasteiger partial charge on any atom is 0.252 e. The molecular formula is C12H16N2O2S. The normalized spacial score (nSPS) is 15.4. The van der Waals surface area contributed by atoms with Gasteiger partial charge in [-0.1, -0.05) is 0 Å². The fourth-order valence-electron chi connectivity index (χ4n) is 1.86. The molecule has 1 aliphatic rings. The van der Waals surface area contributed by atoms with E-state index in [9.17, 15) is 9.59 Å².